The Morgan fingerprint density at radius 3 is 2.56 bits per heavy atom. The molecule has 0 amide bonds. The van der Waals surface area contributed by atoms with Gasteiger partial charge in [0, 0.05) is 5.38 Å². The first-order valence-electron chi connectivity index (χ1n) is 4.78. The molecule has 1 aromatic carbocycles. The monoisotopic (exact) mass is 322 g/mol. The molecule has 0 aliphatic rings. The number of aryl methyl sites for hydroxylation is 1. The molecule has 1 aromatic heterocycles. The molecule has 0 atom stereocenters. The molecule has 0 aliphatic carbocycles. The third-order valence-electron chi connectivity index (χ3n) is 2.04. The number of thiazole rings is 1. The van der Waals surface area contributed by atoms with Gasteiger partial charge in [0.1, 0.15) is 0 Å². The van der Waals surface area contributed by atoms with Gasteiger partial charge in [-0.15, -0.1) is 11.3 Å². The predicted octanol–water partition coefficient (Wildman–Crippen LogP) is 3.56. The van der Waals surface area contributed by atoms with Gasteiger partial charge in [-0.05, 0) is 25.1 Å². The Labute approximate surface area is 119 Å². The van der Waals surface area contributed by atoms with E-state index in [2.05, 4.69) is 9.71 Å². The van der Waals surface area contributed by atoms with E-state index in [-0.39, 0.29) is 9.92 Å². The van der Waals surface area contributed by atoms with Crippen molar-refractivity contribution >= 4 is 49.7 Å². The van der Waals surface area contributed by atoms with E-state index in [1.165, 1.54) is 29.5 Å². The lowest BCUT2D eigenvalue weighted by molar-refractivity contribution is 0.601. The Morgan fingerprint density at radius 2 is 2.00 bits per heavy atom. The van der Waals surface area contributed by atoms with Crippen molar-refractivity contribution in [1.29, 1.82) is 0 Å². The summed E-state index contributed by atoms with van der Waals surface area (Å²) in [5, 5.41) is 2.57. The summed E-state index contributed by atoms with van der Waals surface area (Å²) in [5.74, 6) is 0. The van der Waals surface area contributed by atoms with Crippen LogP contribution in [0.5, 0.6) is 0 Å². The number of hydrogen-bond acceptors (Lipinski definition) is 4. The van der Waals surface area contributed by atoms with Gasteiger partial charge in [0.05, 0.1) is 20.6 Å². The highest BCUT2D eigenvalue weighted by molar-refractivity contribution is 7.93. The van der Waals surface area contributed by atoms with Crippen molar-refractivity contribution in [1.82, 2.24) is 4.98 Å². The SMILES string of the molecule is Cc1csc(NS(=O)(=O)c2ccc(Cl)c(Cl)c2)n1. The van der Waals surface area contributed by atoms with E-state index >= 15 is 0 Å². The van der Waals surface area contributed by atoms with Gasteiger partial charge in [0.15, 0.2) is 5.13 Å². The van der Waals surface area contributed by atoms with Gasteiger partial charge in [-0.25, -0.2) is 13.4 Å². The number of sulfonamides is 1. The number of halogens is 2. The van der Waals surface area contributed by atoms with Crippen molar-refractivity contribution < 1.29 is 8.42 Å². The van der Waals surface area contributed by atoms with E-state index in [1.807, 2.05) is 0 Å². The predicted molar refractivity (Wildman–Crippen MR) is 74.1 cm³/mol. The zero-order valence-corrected chi connectivity index (χ0v) is 12.3. The van der Waals surface area contributed by atoms with Crippen molar-refractivity contribution in [3.63, 3.8) is 0 Å². The average Bonchev–Trinajstić information content (AvgIpc) is 2.67. The van der Waals surface area contributed by atoms with Gasteiger partial charge in [0.2, 0.25) is 0 Å². The molecule has 0 unspecified atom stereocenters. The molecule has 2 aromatic rings. The second kappa shape index (κ2) is 5.05. The van der Waals surface area contributed by atoms with Gasteiger partial charge in [0.25, 0.3) is 10.0 Å². The number of rotatable bonds is 3. The molecule has 0 bridgehead atoms. The standard InChI is InChI=1S/C10H8Cl2N2O2S2/c1-6-5-17-10(13-6)14-18(15,16)7-2-3-8(11)9(12)4-7/h2-5H,1H3,(H,13,14). The molecule has 0 spiro atoms. The number of nitrogens with one attached hydrogen (secondary N) is 1. The number of aromatic nitrogens is 1. The van der Waals surface area contributed by atoms with Crippen LogP contribution in [0.3, 0.4) is 0 Å². The van der Waals surface area contributed by atoms with E-state index in [4.69, 9.17) is 23.2 Å². The maximum absolute atomic E-state index is 12.0. The molecule has 0 aliphatic heterocycles. The van der Waals surface area contributed by atoms with E-state index in [1.54, 1.807) is 12.3 Å². The number of anilines is 1. The molecular weight excluding hydrogens is 315 g/mol. The fourth-order valence-electron chi connectivity index (χ4n) is 1.22. The molecule has 1 N–H and O–H groups in total. The molecule has 1 heterocycles. The second-order valence-electron chi connectivity index (χ2n) is 3.48. The molecule has 2 rings (SSSR count). The van der Waals surface area contributed by atoms with Crippen LogP contribution in [0, 0.1) is 6.92 Å². The third kappa shape index (κ3) is 2.95. The zero-order chi connectivity index (χ0) is 13.3. The van der Waals surface area contributed by atoms with Gasteiger partial charge in [-0.2, -0.15) is 0 Å². The molecule has 0 fully saturated rings. The normalized spacial score (nSPS) is 11.5. The van der Waals surface area contributed by atoms with Crippen LogP contribution in [-0.2, 0) is 10.0 Å². The van der Waals surface area contributed by atoms with Crippen LogP contribution in [0.4, 0.5) is 5.13 Å². The molecule has 0 radical (unpaired) electrons. The van der Waals surface area contributed by atoms with Crippen LogP contribution in [-0.4, -0.2) is 13.4 Å². The maximum Gasteiger partial charge on any atom is 0.263 e. The van der Waals surface area contributed by atoms with Crippen molar-refractivity contribution in [2.75, 3.05) is 4.72 Å². The summed E-state index contributed by atoms with van der Waals surface area (Å²) in [6.45, 7) is 1.79. The molecule has 0 saturated heterocycles. The Morgan fingerprint density at radius 1 is 1.28 bits per heavy atom. The summed E-state index contributed by atoms with van der Waals surface area (Å²) >= 11 is 12.7. The van der Waals surface area contributed by atoms with Crippen LogP contribution < -0.4 is 4.72 Å². The van der Waals surface area contributed by atoms with Gasteiger partial charge in [-0.3, -0.25) is 4.72 Å². The summed E-state index contributed by atoms with van der Waals surface area (Å²) in [7, 11) is -3.68. The number of nitrogens with zero attached hydrogens (tertiary/aromatic N) is 1. The van der Waals surface area contributed by atoms with Crippen molar-refractivity contribution in [3.8, 4) is 0 Å². The minimum atomic E-state index is -3.68. The summed E-state index contributed by atoms with van der Waals surface area (Å²) < 4.78 is 26.4. The van der Waals surface area contributed by atoms with Crippen LogP contribution >= 0.6 is 34.5 Å². The first kappa shape index (κ1) is 13.6. The van der Waals surface area contributed by atoms with Crippen LogP contribution in [0.25, 0.3) is 0 Å². The lowest BCUT2D eigenvalue weighted by atomic mass is 10.4. The topological polar surface area (TPSA) is 59.1 Å². The lowest BCUT2D eigenvalue weighted by Crippen LogP contribution is -2.12. The lowest BCUT2D eigenvalue weighted by Gasteiger charge is -2.06. The second-order valence-corrected chi connectivity index (χ2v) is 6.83. The maximum atomic E-state index is 12.0. The van der Waals surface area contributed by atoms with Gasteiger partial charge in [-0.1, -0.05) is 23.2 Å². The van der Waals surface area contributed by atoms with Crippen molar-refractivity contribution in [2.24, 2.45) is 0 Å². The highest BCUT2D eigenvalue weighted by Gasteiger charge is 2.17. The summed E-state index contributed by atoms with van der Waals surface area (Å²) in [5.41, 5.74) is 0.756. The quantitative estimate of drug-likeness (QED) is 0.939. The summed E-state index contributed by atoms with van der Waals surface area (Å²) in [6, 6.07) is 4.12. The molecule has 96 valence electrons. The van der Waals surface area contributed by atoms with Crippen molar-refractivity contribution in [3.05, 3.63) is 39.3 Å². The van der Waals surface area contributed by atoms with Gasteiger partial charge >= 0.3 is 0 Å². The van der Waals surface area contributed by atoms with Gasteiger partial charge < -0.3 is 0 Å². The molecule has 18 heavy (non-hydrogen) atoms. The van der Waals surface area contributed by atoms with Crippen LogP contribution in [0.2, 0.25) is 10.0 Å². The first-order valence-corrected chi connectivity index (χ1v) is 7.90. The largest absolute Gasteiger partial charge is 0.263 e. The fraction of sp³-hybridized carbons (Fsp3) is 0.100. The molecule has 8 heteroatoms. The Hall–Kier alpha value is -0.820. The molecular formula is C10H8Cl2N2O2S2. The minimum absolute atomic E-state index is 0.0461. The number of benzene rings is 1. The van der Waals surface area contributed by atoms with Crippen LogP contribution in [0.1, 0.15) is 5.69 Å². The Kier molecular flexibility index (Phi) is 3.82. The Balaban J connectivity index is 2.33. The van der Waals surface area contributed by atoms with E-state index in [0.717, 1.165) is 5.69 Å². The average molecular weight is 323 g/mol. The fourth-order valence-corrected chi connectivity index (χ4v) is 3.55. The van der Waals surface area contributed by atoms with E-state index in [0.29, 0.717) is 10.2 Å². The molecule has 0 saturated carbocycles. The zero-order valence-electron chi connectivity index (χ0n) is 9.15. The first-order chi connectivity index (χ1) is 8.38. The number of hydrogen-bond donors (Lipinski definition) is 1. The highest BCUT2D eigenvalue weighted by atomic mass is 35.5. The highest BCUT2D eigenvalue weighted by Crippen LogP contribution is 2.26. The smallest absolute Gasteiger partial charge is 0.255 e. The van der Waals surface area contributed by atoms with E-state index in [9.17, 15) is 8.42 Å². The molecule has 4 nitrogen and oxygen atoms in total. The minimum Gasteiger partial charge on any atom is -0.255 e. The van der Waals surface area contributed by atoms with Crippen molar-refractivity contribution in [2.45, 2.75) is 11.8 Å². The third-order valence-corrected chi connectivity index (χ3v) is 5.12. The van der Waals surface area contributed by atoms with Crippen LogP contribution in [0.15, 0.2) is 28.5 Å². The summed E-state index contributed by atoms with van der Waals surface area (Å²) in [6.07, 6.45) is 0. The van der Waals surface area contributed by atoms with E-state index < -0.39 is 10.0 Å². The summed E-state index contributed by atoms with van der Waals surface area (Å²) in [4.78, 5) is 4.08. The Bertz CT molecular complexity index is 683.